The maximum Gasteiger partial charge on any atom is 0.239 e. The van der Waals surface area contributed by atoms with Crippen molar-refractivity contribution in [2.24, 2.45) is 0 Å². The topological polar surface area (TPSA) is 65.1 Å². The number of rotatable bonds is 6. The summed E-state index contributed by atoms with van der Waals surface area (Å²) < 4.78 is 5.35. The van der Waals surface area contributed by atoms with E-state index >= 15 is 0 Å². The Bertz CT molecular complexity index is 723. The van der Waals surface area contributed by atoms with Crippen LogP contribution < -0.4 is 5.32 Å². The van der Waals surface area contributed by atoms with Gasteiger partial charge in [0.25, 0.3) is 0 Å². The van der Waals surface area contributed by atoms with Crippen LogP contribution >= 0.6 is 0 Å². The summed E-state index contributed by atoms with van der Waals surface area (Å²) in [6.45, 7) is 8.31. The fourth-order valence-corrected chi connectivity index (χ4v) is 4.80. The van der Waals surface area contributed by atoms with E-state index in [1.807, 2.05) is 30.0 Å². The highest BCUT2D eigenvalue weighted by Gasteiger charge is 2.40. The van der Waals surface area contributed by atoms with Crippen LogP contribution in [0.4, 0.5) is 0 Å². The van der Waals surface area contributed by atoms with Crippen molar-refractivity contribution < 1.29 is 14.3 Å². The lowest BCUT2D eigenvalue weighted by Crippen LogP contribution is -2.58. The molecule has 0 spiro atoms. The molecule has 1 unspecified atom stereocenters. The van der Waals surface area contributed by atoms with Gasteiger partial charge in [0.15, 0.2) is 0 Å². The summed E-state index contributed by atoms with van der Waals surface area (Å²) in [5, 5.41) is 3.32. The highest BCUT2D eigenvalue weighted by molar-refractivity contribution is 5.81. The molecule has 1 N–H and O–H groups in total. The number of piperazine rings is 1. The molecule has 1 atom stereocenters. The van der Waals surface area contributed by atoms with Gasteiger partial charge in [0, 0.05) is 39.3 Å². The van der Waals surface area contributed by atoms with E-state index in [-0.39, 0.29) is 23.4 Å². The van der Waals surface area contributed by atoms with Gasteiger partial charge in [-0.05, 0) is 31.7 Å². The second-order valence-electron chi connectivity index (χ2n) is 8.78. The molecule has 3 fully saturated rings. The van der Waals surface area contributed by atoms with Crippen LogP contribution in [0.15, 0.2) is 30.3 Å². The molecule has 1 aromatic rings. The Morgan fingerprint density at radius 2 is 1.70 bits per heavy atom. The number of benzene rings is 1. The van der Waals surface area contributed by atoms with Gasteiger partial charge in [-0.2, -0.15) is 0 Å². The summed E-state index contributed by atoms with van der Waals surface area (Å²) in [7, 11) is 0. The van der Waals surface area contributed by atoms with Crippen LogP contribution in [-0.4, -0.2) is 91.6 Å². The minimum absolute atomic E-state index is 0.101. The van der Waals surface area contributed by atoms with Gasteiger partial charge in [-0.25, -0.2) is 0 Å². The maximum absolute atomic E-state index is 12.8. The number of carbonyl (C=O) groups excluding carboxylic acids is 2. The molecule has 1 aliphatic carbocycles. The summed E-state index contributed by atoms with van der Waals surface area (Å²) in [6.07, 6.45) is 3.18. The summed E-state index contributed by atoms with van der Waals surface area (Å²) in [4.78, 5) is 31.9. The van der Waals surface area contributed by atoms with Crippen LogP contribution in [0.5, 0.6) is 0 Å². The van der Waals surface area contributed by atoms with Crippen molar-refractivity contribution >= 4 is 11.8 Å². The van der Waals surface area contributed by atoms with Crippen LogP contribution in [0.3, 0.4) is 0 Å². The fraction of sp³-hybridized carbons (Fsp3) is 0.652. The van der Waals surface area contributed by atoms with E-state index in [4.69, 9.17) is 4.74 Å². The molecule has 1 aromatic carbocycles. The molecule has 7 nitrogen and oxygen atoms in total. The molecule has 0 radical (unpaired) electrons. The van der Waals surface area contributed by atoms with E-state index in [0.29, 0.717) is 32.8 Å². The van der Waals surface area contributed by atoms with Crippen molar-refractivity contribution in [3.8, 4) is 0 Å². The van der Waals surface area contributed by atoms with Gasteiger partial charge < -0.3 is 15.0 Å². The first-order chi connectivity index (χ1) is 14.6. The standard InChI is InChI=1S/C23H34N4O3/c1-19(22(29)27-14-16-30-17-15-27)26-12-10-25(11-13-26)18-21(28)24-23(8-5-9-23)20-6-3-2-4-7-20/h2-4,6-7,19H,5,8-18H2,1H3,(H,24,28). The number of nitrogens with zero attached hydrogens (tertiary/aromatic N) is 3. The van der Waals surface area contributed by atoms with Gasteiger partial charge in [-0.1, -0.05) is 30.3 Å². The van der Waals surface area contributed by atoms with E-state index in [1.165, 1.54) is 5.56 Å². The normalized spacial score (nSPS) is 23.4. The Labute approximate surface area is 179 Å². The summed E-state index contributed by atoms with van der Waals surface area (Å²) >= 11 is 0. The largest absolute Gasteiger partial charge is 0.378 e. The van der Waals surface area contributed by atoms with Gasteiger partial charge in [0.05, 0.1) is 31.3 Å². The lowest BCUT2D eigenvalue weighted by Gasteiger charge is -2.44. The van der Waals surface area contributed by atoms with Gasteiger partial charge in [-0.15, -0.1) is 0 Å². The van der Waals surface area contributed by atoms with Crippen LogP contribution in [0.25, 0.3) is 0 Å². The maximum atomic E-state index is 12.8. The van der Waals surface area contributed by atoms with E-state index < -0.39 is 0 Å². The molecule has 0 bridgehead atoms. The third-order valence-corrected chi connectivity index (χ3v) is 6.91. The zero-order chi connectivity index (χ0) is 21.0. The molecule has 2 saturated heterocycles. The summed E-state index contributed by atoms with van der Waals surface area (Å²) in [5.74, 6) is 0.295. The quantitative estimate of drug-likeness (QED) is 0.754. The van der Waals surface area contributed by atoms with Crippen molar-refractivity contribution in [1.29, 1.82) is 0 Å². The number of carbonyl (C=O) groups is 2. The average Bonchev–Trinajstić information content (AvgIpc) is 2.77. The SMILES string of the molecule is CC(C(=O)N1CCOCC1)N1CCN(CC(=O)NC2(c3ccccc3)CCC2)CC1. The molecule has 2 heterocycles. The molecule has 2 amide bonds. The molecule has 1 saturated carbocycles. The second kappa shape index (κ2) is 9.45. The fourth-order valence-electron chi connectivity index (χ4n) is 4.80. The van der Waals surface area contributed by atoms with Crippen molar-refractivity contribution in [3.05, 3.63) is 35.9 Å². The monoisotopic (exact) mass is 414 g/mol. The van der Waals surface area contributed by atoms with Crippen LogP contribution in [0.1, 0.15) is 31.7 Å². The molecule has 7 heteroatoms. The van der Waals surface area contributed by atoms with Crippen molar-refractivity contribution in [2.75, 3.05) is 59.0 Å². The average molecular weight is 415 g/mol. The van der Waals surface area contributed by atoms with E-state index in [2.05, 4.69) is 27.2 Å². The number of nitrogens with one attached hydrogen (secondary N) is 1. The Kier molecular flexibility index (Phi) is 6.71. The highest BCUT2D eigenvalue weighted by Crippen LogP contribution is 2.41. The third-order valence-electron chi connectivity index (χ3n) is 6.91. The molecular weight excluding hydrogens is 380 g/mol. The predicted octanol–water partition coefficient (Wildman–Crippen LogP) is 1.05. The minimum atomic E-state index is -0.181. The Balaban J connectivity index is 1.24. The predicted molar refractivity (Wildman–Crippen MR) is 115 cm³/mol. The molecule has 3 aliphatic rings. The number of ether oxygens (including phenoxy) is 1. The van der Waals surface area contributed by atoms with Crippen molar-refractivity contribution in [2.45, 2.75) is 37.8 Å². The molecule has 0 aromatic heterocycles. The smallest absolute Gasteiger partial charge is 0.239 e. The minimum Gasteiger partial charge on any atom is -0.378 e. The van der Waals surface area contributed by atoms with Crippen molar-refractivity contribution in [3.63, 3.8) is 0 Å². The van der Waals surface area contributed by atoms with E-state index in [1.54, 1.807) is 0 Å². The Hall–Kier alpha value is -1.96. The number of amides is 2. The molecular formula is C23H34N4O3. The van der Waals surface area contributed by atoms with Gasteiger partial charge >= 0.3 is 0 Å². The first kappa shape index (κ1) is 21.3. The van der Waals surface area contributed by atoms with Crippen LogP contribution in [0.2, 0.25) is 0 Å². The summed E-state index contributed by atoms with van der Waals surface area (Å²) in [6, 6.07) is 10.2. The first-order valence-corrected chi connectivity index (χ1v) is 11.3. The lowest BCUT2D eigenvalue weighted by atomic mass is 9.72. The molecule has 30 heavy (non-hydrogen) atoms. The van der Waals surface area contributed by atoms with E-state index in [9.17, 15) is 9.59 Å². The molecule has 2 aliphatic heterocycles. The van der Waals surface area contributed by atoms with Crippen molar-refractivity contribution in [1.82, 2.24) is 20.0 Å². The number of hydrogen-bond donors (Lipinski definition) is 1. The summed E-state index contributed by atoms with van der Waals surface area (Å²) in [5.41, 5.74) is 1.03. The van der Waals surface area contributed by atoms with Gasteiger partial charge in [0.1, 0.15) is 0 Å². The zero-order valence-corrected chi connectivity index (χ0v) is 18.0. The highest BCUT2D eigenvalue weighted by atomic mass is 16.5. The molecule has 4 rings (SSSR count). The zero-order valence-electron chi connectivity index (χ0n) is 18.0. The number of hydrogen-bond acceptors (Lipinski definition) is 5. The second-order valence-corrected chi connectivity index (χ2v) is 8.78. The van der Waals surface area contributed by atoms with Gasteiger partial charge in [-0.3, -0.25) is 19.4 Å². The first-order valence-electron chi connectivity index (χ1n) is 11.3. The van der Waals surface area contributed by atoms with E-state index in [0.717, 1.165) is 45.4 Å². The van der Waals surface area contributed by atoms with Gasteiger partial charge in [0.2, 0.25) is 11.8 Å². The third kappa shape index (κ3) is 4.68. The Morgan fingerprint density at radius 1 is 1.03 bits per heavy atom. The molecule has 164 valence electrons. The van der Waals surface area contributed by atoms with Crippen LogP contribution in [-0.2, 0) is 19.9 Å². The lowest BCUT2D eigenvalue weighted by molar-refractivity contribution is -0.141. The van der Waals surface area contributed by atoms with Crippen LogP contribution in [0, 0.1) is 0 Å². The Morgan fingerprint density at radius 3 is 2.30 bits per heavy atom. The number of morpholine rings is 1.